The third kappa shape index (κ3) is 1.21. The number of aromatic nitrogens is 1. The molecule has 0 aliphatic rings. The highest BCUT2D eigenvalue weighted by molar-refractivity contribution is 5.33. The molecule has 50 valence electrons. The van der Waals surface area contributed by atoms with Crippen LogP contribution in [0, 0.1) is 5.82 Å². The molecule has 0 unspecified atom stereocenters. The smallest absolute Gasteiger partial charge is 0.135 e. The van der Waals surface area contributed by atoms with E-state index in [-0.39, 0.29) is 5.69 Å². The summed E-state index contributed by atoms with van der Waals surface area (Å²) in [6.07, 6.45) is 2.45. The van der Waals surface area contributed by atoms with Gasteiger partial charge in [-0.15, -0.1) is 0 Å². The maximum atomic E-state index is 12.5. The molecule has 0 saturated carbocycles. The number of halogens is 1. The molecule has 1 aromatic heterocycles. The van der Waals surface area contributed by atoms with E-state index in [0.717, 1.165) is 12.3 Å². The lowest BCUT2D eigenvalue weighted by Crippen LogP contribution is -1.74. The molecule has 0 aliphatic carbocycles. The predicted octanol–water partition coefficient (Wildman–Crippen LogP) is 2.16. The van der Waals surface area contributed by atoms with E-state index in [1.54, 1.807) is 0 Å². The van der Waals surface area contributed by atoms with Gasteiger partial charge in [-0.25, -0.2) is 4.39 Å². The van der Waals surface area contributed by atoms with Gasteiger partial charge in [0.15, 0.2) is 0 Å². The second-order valence-corrected chi connectivity index (χ2v) is 1.52. The van der Waals surface area contributed by atoms with Crippen LogP contribution in [0.2, 0.25) is 0 Å². The summed E-state index contributed by atoms with van der Waals surface area (Å²) >= 11 is 0. The molecule has 0 bridgehead atoms. The molecule has 10 heavy (non-hydrogen) atoms. The van der Waals surface area contributed by atoms with Crippen molar-refractivity contribution in [3.8, 4) is 0 Å². The predicted molar refractivity (Wildman–Crippen MR) is 33.0 cm³/mol. The number of rotatable bonds is 1. The first-order valence-corrected chi connectivity index (χ1v) is 2.49. The summed E-state index contributed by atoms with van der Waals surface area (Å²) in [4.78, 5) is 5.97. The van der Waals surface area contributed by atoms with E-state index in [4.69, 9.17) is 5.53 Å². The molecular formula is C5H3FN4. The van der Waals surface area contributed by atoms with E-state index in [1.807, 2.05) is 0 Å². The lowest BCUT2D eigenvalue weighted by Gasteiger charge is -1.89. The van der Waals surface area contributed by atoms with Crippen molar-refractivity contribution >= 4 is 5.69 Å². The van der Waals surface area contributed by atoms with Gasteiger partial charge in [0.25, 0.3) is 0 Å². The normalized spacial score (nSPS) is 8.50. The molecule has 1 heterocycles. The van der Waals surface area contributed by atoms with E-state index in [9.17, 15) is 4.39 Å². The molecule has 0 spiro atoms. The highest BCUT2D eigenvalue weighted by Crippen LogP contribution is 2.13. The largest absolute Gasteiger partial charge is 0.264 e. The Morgan fingerprint density at radius 2 is 2.50 bits per heavy atom. The van der Waals surface area contributed by atoms with Gasteiger partial charge in [-0.2, -0.15) is 0 Å². The van der Waals surface area contributed by atoms with Crippen molar-refractivity contribution < 1.29 is 4.39 Å². The van der Waals surface area contributed by atoms with E-state index in [2.05, 4.69) is 15.0 Å². The zero-order valence-corrected chi connectivity index (χ0v) is 4.90. The Morgan fingerprint density at radius 1 is 1.70 bits per heavy atom. The molecule has 0 aliphatic heterocycles. The average Bonchev–Trinajstić information content (AvgIpc) is 1.94. The Balaban J connectivity index is 3.14. The van der Waals surface area contributed by atoms with E-state index in [0.29, 0.717) is 0 Å². The molecule has 0 radical (unpaired) electrons. The molecule has 0 aromatic carbocycles. The highest BCUT2D eigenvalue weighted by Gasteiger charge is 1.94. The Morgan fingerprint density at radius 3 is 3.10 bits per heavy atom. The van der Waals surface area contributed by atoms with Crippen molar-refractivity contribution in [2.24, 2.45) is 5.11 Å². The second-order valence-electron chi connectivity index (χ2n) is 1.52. The van der Waals surface area contributed by atoms with Crippen LogP contribution in [0.15, 0.2) is 23.6 Å². The zero-order valence-electron chi connectivity index (χ0n) is 4.90. The first-order valence-electron chi connectivity index (χ1n) is 2.49. The van der Waals surface area contributed by atoms with Gasteiger partial charge in [-0.1, -0.05) is 5.11 Å². The van der Waals surface area contributed by atoms with Crippen LogP contribution in [-0.4, -0.2) is 4.98 Å². The van der Waals surface area contributed by atoms with Gasteiger partial charge in [0.1, 0.15) is 5.82 Å². The van der Waals surface area contributed by atoms with Gasteiger partial charge >= 0.3 is 0 Å². The number of nitrogens with zero attached hydrogens (tertiary/aromatic N) is 4. The van der Waals surface area contributed by atoms with Crippen LogP contribution in [0.1, 0.15) is 0 Å². The average molecular weight is 138 g/mol. The molecule has 1 aromatic rings. The van der Waals surface area contributed by atoms with Crippen LogP contribution in [0.4, 0.5) is 10.1 Å². The quantitative estimate of drug-likeness (QED) is 0.333. The summed E-state index contributed by atoms with van der Waals surface area (Å²) in [6.45, 7) is 0. The summed E-state index contributed by atoms with van der Waals surface area (Å²) in [5.41, 5.74) is 7.83. The Bertz CT molecular complexity index is 279. The first kappa shape index (κ1) is 6.51. The van der Waals surface area contributed by atoms with E-state index >= 15 is 0 Å². The summed E-state index contributed by atoms with van der Waals surface area (Å²) in [5, 5.41) is 3.05. The number of hydrogen-bond donors (Lipinski definition) is 0. The summed E-state index contributed by atoms with van der Waals surface area (Å²) in [5.74, 6) is -0.562. The van der Waals surface area contributed by atoms with Crippen LogP contribution in [0.3, 0.4) is 0 Å². The van der Waals surface area contributed by atoms with Gasteiger partial charge in [0, 0.05) is 17.3 Å². The van der Waals surface area contributed by atoms with Crippen LogP contribution in [0.5, 0.6) is 0 Å². The number of pyridine rings is 1. The van der Waals surface area contributed by atoms with Crippen LogP contribution < -0.4 is 0 Å². The van der Waals surface area contributed by atoms with E-state index < -0.39 is 5.82 Å². The second kappa shape index (κ2) is 2.80. The third-order valence-electron chi connectivity index (χ3n) is 0.901. The van der Waals surface area contributed by atoms with Gasteiger partial charge in [-0.05, 0) is 11.6 Å². The van der Waals surface area contributed by atoms with E-state index in [1.165, 1.54) is 6.20 Å². The molecule has 0 N–H and O–H groups in total. The van der Waals surface area contributed by atoms with Crippen molar-refractivity contribution in [1.82, 2.24) is 4.98 Å². The molecule has 5 heteroatoms. The minimum atomic E-state index is -0.562. The van der Waals surface area contributed by atoms with Crippen LogP contribution >= 0.6 is 0 Å². The molecule has 0 amide bonds. The number of hydrogen-bond acceptors (Lipinski definition) is 2. The summed E-state index contributed by atoms with van der Waals surface area (Å²) in [6, 6.07) is 1.13. The lowest BCUT2D eigenvalue weighted by molar-refractivity contribution is 0.627. The minimum Gasteiger partial charge on any atom is -0.264 e. The molecule has 0 fully saturated rings. The van der Waals surface area contributed by atoms with Gasteiger partial charge < -0.3 is 0 Å². The fraction of sp³-hybridized carbons (Fsp3) is 0. The SMILES string of the molecule is [N-]=[N+]=Nc1cnccc1F. The minimum absolute atomic E-state index is 0.0787. The number of azide groups is 1. The van der Waals surface area contributed by atoms with Gasteiger partial charge in [-0.3, -0.25) is 4.98 Å². The standard InChI is InChI=1S/C5H3FN4/c6-4-1-2-8-3-5(4)9-10-7/h1-3H. The van der Waals surface area contributed by atoms with Crippen molar-refractivity contribution in [2.75, 3.05) is 0 Å². The van der Waals surface area contributed by atoms with Gasteiger partial charge in [0.2, 0.25) is 0 Å². The molecule has 0 atom stereocenters. The zero-order chi connectivity index (χ0) is 7.40. The fourth-order valence-electron chi connectivity index (χ4n) is 0.491. The molecule has 4 nitrogen and oxygen atoms in total. The first-order chi connectivity index (χ1) is 4.84. The monoisotopic (exact) mass is 138 g/mol. The maximum absolute atomic E-state index is 12.5. The fourth-order valence-corrected chi connectivity index (χ4v) is 0.491. The van der Waals surface area contributed by atoms with Crippen molar-refractivity contribution in [3.63, 3.8) is 0 Å². The van der Waals surface area contributed by atoms with Crippen LogP contribution in [0.25, 0.3) is 10.4 Å². The highest BCUT2D eigenvalue weighted by atomic mass is 19.1. The Hall–Kier alpha value is -1.61. The third-order valence-corrected chi connectivity index (χ3v) is 0.901. The summed E-state index contributed by atoms with van der Waals surface area (Å²) in [7, 11) is 0. The van der Waals surface area contributed by atoms with Crippen molar-refractivity contribution in [2.45, 2.75) is 0 Å². The van der Waals surface area contributed by atoms with Crippen LogP contribution in [-0.2, 0) is 0 Å². The van der Waals surface area contributed by atoms with Crippen molar-refractivity contribution in [3.05, 3.63) is 34.7 Å². The topological polar surface area (TPSA) is 61.7 Å². The lowest BCUT2D eigenvalue weighted by atomic mass is 10.4. The Labute approximate surface area is 56.0 Å². The molecular weight excluding hydrogens is 135 g/mol. The van der Waals surface area contributed by atoms with Crippen molar-refractivity contribution in [1.29, 1.82) is 0 Å². The molecule has 0 saturated heterocycles. The molecule has 1 rings (SSSR count). The maximum Gasteiger partial charge on any atom is 0.135 e. The van der Waals surface area contributed by atoms with Gasteiger partial charge in [0.05, 0.1) is 5.69 Å². The Kier molecular flexibility index (Phi) is 1.82. The summed E-state index contributed by atoms with van der Waals surface area (Å²) < 4.78 is 12.5.